The highest BCUT2D eigenvalue weighted by molar-refractivity contribution is 5.07. The molecule has 0 aliphatic carbocycles. The van der Waals surface area contributed by atoms with Gasteiger partial charge in [0, 0.05) is 0 Å². The molecular formula is C14H26. The number of hydrogen-bond donors (Lipinski definition) is 0. The van der Waals surface area contributed by atoms with Gasteiger partial charge in [0.05, 0.1) is 0 Å². The fraction of sp³-hybridized carbons (Fsp3) is 0.571. The minimum atomic E-state index is 1.36. The number of rotatable bonds is 6. The van der Waals surface area contributed by atoms with Crippen molar-refractivity contribution in [1.29, 1.82) is 0 Å². The van der Waals surface area contributed by atoms with Gasteiger partial charge in [-0.1, -0.05) is 82.9 Å². The maximum Gasteiger partial charge on any atom is -0.0467 e. The molecule has 14 heavy (non-hydrogen) atoms. The van der Waals surface area contributed by atoms with Crippen LogP contribution < -0.4 is 0 Å². The summed E-state index contributed by atoms with van der Waals surface area (Å²) in [5, 5.41) is 0. The van der Waals surface area contributed by atoms with E-state index in [1.54, 1.807) is 6.08 Å². The van der Waals surface area contributed by atoms with E-state index >= 15 is 0 Å². The van der Waals surface area contributed by atoms with Crippen molar-refractivity contribution in [2.45, 2.75) is 52.9 Å². The molecule has 0 saturated heterocycles. The monoisotopic (exact) mass is 194 g/mol. The van der Waals surface area contributed by atoms with Crippen molar-refractivity contribution in [3.05, 3.63) is 37.0 Å². The van der Waals surface area contributed by atoms with Crippen molar-refractivity contribution in [3.63, 3.8) is 0 Å². The summed E-state index contributed by atoms with van der Waals surface area (Å²) in [4.78, 5) is 0. The van der Waals surface area contributed by atoms with Gasteiger partial charge in [0.2, 0.25) is 0 Å². The van der Waals surface area contributed by atoms with E-state index in [-0.39, 0.29) is 0 Å². The molecular weight excluding hydrogens is 168 g/mol. The Morgan fingerprint density at radius 2 is 1.43 bits per heavy atom. The van der Waals surface area contributed by atoms with Crippen LogP contribution in [0.1, 0.15) is 52.9 Å². The van der Waals surface area contributed by atoms with Gasteiger partial charge in [-0.3, -0.25) is 0 Å². The SMILES string of the molecule is C=C/C=C\C=C/C.CCCCCCC. The van der Waals surface area contributed by atoms with Crippen LogP contribution in [0.4, 0.5) is 0 Å². The lowest BCUT2D eigenvalue weighted by Gasteiger charge is -1.90. The Hall–Kier alpha value is -0.780. The van der Waals surface area contributed by atoms with Crippen molar-refractivity contribution >= 4 is 0 Å². The van der Waals surface area contributed by atoms with Crippen molar-refractivity contribution in [2.24, 2.45) is 0 Å². The van der Waals surface area contributed by atoms with Crippen LogP contribution in [-0.4, -0.2) is 0 Å². The maximum atomic E-state index is 3.51. The van der Waals surface area contributed by atoms with Crippen molar-refractivity contribution in [1.82, 2.24) is 0 Å². The van der Waals surface area contributed by atoms with Crippen molar-refractivity contribution in [2.75, 3.05) is 0 Å². The molecule has 0 N–H and O–H groups in total. The van der Waals surface area contributed by atoms with E-state index in [0.29, 0.717) is 0 Å². The Balaban J connectivity index is 0. The maximum absolute atomic E-state index is 3.51. The Morgan fingerprint density at radius 1 is 0.857 bits per heavy atom. The third-order valence-electron chi connectivity index (χ3n) is 1.76. The van der Waals surface area contributed by atoms with Crippen molar-refractivity contribution in [3.8, 4) is 0 Å². The molecule has 0 aromatic heterocycles. The molecule has 0 nitrogen and oxygen atoms in total. The van der Waals surface area contributed by atoms with Crippen LogP contribution in [0.3, 0.4) is 0 Å². The second-order valence-electron chi connectivity index (χ2n) is 3.21. The summed E-state index contributed by atoms with van der Waals surface area (Å²) in [5.41, 5.74) is 0. The lowest BCUT2D eigenvalue weighted by molar-refractivity contribution is 0.656. The molecule has 0 aromatic carbocycles. The largest absolute Gasteiger partial charge is 0.0991 e. The van der Waals surface area contributed by atoms with Gasteiger partial charge >= 0.3 is 0 Å². The van der Waals surface area contributed by atoms with E-state index < -0.39 is 0 Å². The first-order chi connectivity index (χ1) is 6.83. The molecule has 0 aliphatic heterocycles. The molecule has 0 unspecified atom stereocenters. The summed E-state index contributed by atoms with van der Waals surface area (Å²) >= 11 is 0. The molecule has 0 amide bonds. The van der Waals surface area contributed by atoms with Crippen LogP contribution in [0.15, 0.2) is 37.0 Å². The summed E-state index contributed by atoms with van der Waals surface area (Å²) in [6.45, 7) is 9.98. The lowest BCUT2D eigenvalue weighted by Crippen LogP contribution is -1.70. The van der Waals surface area contributed by atoms with Crippen LogP contribution in [0.5, 0.6) is 0 Å². The predicted molar refractivity (Wildman–Crippen MR) is 68.6 cm³/mol. The normalized spacial score (nSPS) is 10.2. The molecule has 0 heteroatoms. The molecule has 0 saturated carbocycles. The zero-order valence-corrected chi connectivity index (χ0v) is 10.1. The van der Waals surface area contributed by atoms with Crippen LogP contribution in [0, 0.1) is 0 Å². The molecule has 0 heterocycles. The zero-order valence-electron chi connectivity index (χ0n) is 10.1. The topological polar surface area (TPSA) is 0 Å². The average molecular weight is 194 g/mol. The van der Waals surface area contributed by atoms with Gasteiger partial charge in [-0.2, -0.15) is 0 Å². The number of hydrogen-bond acceptors (Lipinski definition) is 0. The Bertz CT molecular complexity index is 136. The quantitative estimate of drug-likeness (QED) is 0.398. The first-order valence-corrected chi connectivity index (χ1v) is 5.73. The number of allylic oxidation sites excluding steroid dienone is 5. The molecule has 0 aromatic rings. The van der Waals surface area contributed by atoms with Crippen LogP contribution in [0.2, 0.25) is 0 Å². The fourth-order valence-corrected chi connectivity index (χ4v) is 0.931. The molecule has 82 valence electrons. The van der Waals surface area contributed by atoms with E-state index in [4.69, 9.17) is 0 Å². The molecule has 0 aliphatic rings. The molecule has 0 atom stereocenters. The summed E-state index contributed by atoms with van der Waals surface area (Å²) < 4.78 is 0. The Kier molecular flexibility index (Phi) is 20.3. The summed E-state index contributed by atoms with van der Waals surface area (Å²) in [6, 6.07) is 0. The lowest BCUT2D eigenvalue weighted by atomic mass is 10.2. The minimum absolute atomic E-state index is 1.36. The van der Waals surface area contributed by atoms with Gasteiger partial charge in [-0.15, -0.1) is 0 Å². The second kappa shape index (κ2) is 18.1. The van der Waals surface area contributed by atoms with Gasteiger partial charge in [0.15, 0.2) is 0 Å². The first kappa shape index (κ1) is 15.7. The molecule has 0 radical (unpaired) electrons. The summed E-state index contributed by atoms with van der Waals surface area (Å²) in [7, 11) is 0. The average Bonchev–Trinajstić information content (AvgIpc) is 2.21. The first-order valence-electron chi connectivity index (χ1n) is 5.73. The van der Waals surface area contributed by atoms with E-state index in [0.717, 1.165) is 0 Å². The highest BCUT2D eigenvalue weighted by atomic mass is 13.9. The Labute approximate surface area is 90.4 Å². The standard InChI is InChI=1S/C7H16.C7H10/c2*1-3-5-7-6-4-2/h3-7H2,1-2H3;3-7H,1H2,2H3/b;6-4-,7-5-. The molecule has 0 fully saturated rings. The van der Waals surface area contributed by atoms with Crippen molar-refractivity contribution < 1.29 is 0 Å². The van der Waals surface area contributed by atoms with Crippen LogP contribution in [0.25, 0.3) is 0 Å². The van der Waals surface area contributed by atoms with Crippen LogP contribution >= 0.6 is 0 Å². The fourth-order valence-electron chi connectivity index (χ4n) is 0.931. The van der Waals surface area contributed by atoms with Gasteiger partial charge in [0.1, 0.15) is 0 Å². The molecule has 0 rings (SSSR count). The smallest absolute Gasteiger partial charge is 0.0467 e. The highest BCUT2D eigenvalue weighted by Gasteiger charge is 1.80. The van der Waals surface area contributed by atoms with E-state index in [2.05, 4.69) is 20.4 Å². The summed E-state index contributed by atoms with van der Waals surface area (Å²) in [6.07, 6.45) is 16.5. The van der Waals surface area contributed by atoms with E-state index in [1.807, 2.05) is 31.2 Å². The molecule has 0 bridgehead atoms. The van der Waals surface area contributed by atoms with Crippen LogP contribution in [-0.2, 0) is 0 Å². The third-order valence-corrected chi connectivity index (χ3v) is 1.76. The second-order valence-corrected chi connectivity index (χ2v) is 3.21. The Morgan fingerprint density at radius 3 is 1.79 bits per heavy atom. The molecule has 0 spiro atoms. The zero-order chi connectivity index (χ0) is 11.1. The van der Waals surface area contributed by atoms with Gasteiger partial charge in [-0.05, 0) is 6.92 Å². The highest BCUT2D eigenvalue weighted by Crippen LogP contribution is 2.00. The minimum Gasteiger partial charge on any atom is -0.0991 e. The van der Waals surface area contributed by atoms with Gasteiger partial charge in [0.25, 0.3) is 0 Å². The van der Waals surface area contributed by atoms with Gasteiger partial charge < -0.3 is 0 Å². The van der Waals surface area contributed by atoms with Gasteiger partial charge in [-0.25, -0.2) is 0 Å². The number of unbranched alkanes of at least 4 members (excludes halogenated alkanes) is 4. The summed E-state index contributed by atoms with van der Waals surface area (Å²) in [5.74, 6) is 0. The van der Waals surface area contributed by atoms with E-state index in [9.17, 15) is 0 Å². The third kappa shape index (κ3) is 22.5. The van der Waals surface area contributed by atoms with E-state index in [1.165, 1.54) is 32.1 Å². The predicted octanol–water partition coefficient (Wildman–Crippen LogP) is 5.28.